The Bertz CT molecular complexity index is 1270. The van der Waals surface area contributed by atoms with Gasteiger partial charge in [-0.15, -0.1) is 11.3 Å². The number of alkyl halides is 3. The number of nitrogens with one attached hydrogen (secondary N) is 2. The number of amides is 1. The summed E-state index contributed by atoms with van der Waals surface area (Å²) in [5.74, 6) is -1.09. The molecule has 1 amide bonds. The van der Waals surface area contributed by atoms with Gasteiger partial charge in [0, 0.05) is 17.4 Å². The Kier molecular flexibility index (Phi) is 6.04. The Balaban J connectivity index is 1.45. The van der Waals surface area contributed by atoms with Crippen LogP contribution in [0.4, 0.5) is 24.0 Å². The molecule has 0 saturated carbocycles. The molecule has 1 aromatic carbocycles. The number of hydrogen-bond donors (Lipinski definition) is 2. The predicted octanol–water partition coefficient (Wildman–Crippen LogP) is 5.52. The van der Waals surface area contributed by atoms with Crippen LogP contribution in [0.25, 0.3) is 0 Å². The number of carbonyl (C=O) groups is 2. The van der Waals surface area contributed by atoms with Gasteiger partial charge in [0.25, 0.3) is 5.91 Å². The van der Waals surface area contributed by atoms with Crippen LogP contribution in [0, 0.1) is 0 Å². The molecule has 0 unspecified atom stereocenters. The van der Waals surface area contributed by atoms with Crippen molar-refractivity contribution >= 4 is 34.0 Å². The topological polar surface area (TPSA) is 85.2 Å². The number of thiophene rings is 1. The summed E-state index contributed by atoms with van der Waals surface area (Å²) in [6.45, 7) is 1.89. The van der Waals surface area contributed by atoms with E-state index in [1.54, 1.807) is 37.3 Å². The van der Waals surface area contributed by atoms with E-state index < -0.39 is 30.1 Å². The lowest BCUT2D eigenvalue weighted by atomic mass is 9.97. The number of fused-ring (bicyclic) bond motifs is 2. The highest BCUT2D eigenvalue weighted by atomic mass is 32.1. The molecule has 1 aliphatic carbocycles. The molecule has 0 saturated heterocycles. The molecule has 0 radical (unpaired) electrons. The third kappa shape index (κ3) is 4.40. The molecule has 184 valence electrons. The summed E-state index contributed by atoms with van der Waals surface area (Å²) < 4.78 is 47.8. The van der Waals surface area contributed by atoms with E-state index in [9.17, 15) is 22.8 Å². The average Bonchev–Trinajstić information content (AvgIpc) is 3.52. The molecule has 2 aliphatic rings. The number of rotatable bonds is 5. The fourth-order valence-corrected chi connectivity index (χ4v) is 5.94. The SMILES string of the molecule is CCOC(=O)c1c(NC(=O)c2cc3n(n2)[C@@H](C(F)(F)F)C[C@@H](c2ccccc2)N3)sc2c1CCC2. The minimum atomic E-state index is -4.55. The maximum absolute atomic E-state index is 13.9. The largest absolute Gasteiger partial charge is 0.462 e. The Morgan fingerprint density at radius 3 is 2.74 bits per heavy atom. The molecule has 3 aromatic rings. The molecule has 3 heterocycles. The number of aryl methyl sites for hydroxylation is 1. The second-order valence-electron chi connectivity index (χ2n) is 8.50. The van der Waals surface area contributed by atoms with Crippen molar-refractivity contribution in [3.63, 3.8) is 0 Å². The fourth-order valence-electron chi connectivity index (χ4n) is 4.67. The number of aromatic nitrogens is 2. The van der Waals surface area contributed by atoms with Gasteiger partial charge < -0.3 is 15.4 Å². The first-order chi connectivity index (χ1) is 16.8. The van der Waals surface area contributed by atoms with Gasteiger partial charge in [-0.2, -0.15) is 18.3 Å². The quantitative estimate of drug-likeness (QED) is 0.447. The second-order valence-corrected chi connectivity index (χ2v) is 9.60. The van der Waals surface area contributed by atoms with E-state index in [1.165, 1.54) is 17.4 Å². The lowest BCUT2D eigenvalue weighted by Crippen LogP contribution is -2.35. The summed E-state index contributed by atoms with van der Waals surface area (Å²) in [5.41, 5.74) is 1.75. The molecule has 2 N–H and O–H groups in total. The van der Waals surface area contributed by atoms with Gasteiger partial charge in [0.2, 0.25) is 0 Å². The van der Waals surface area contributed by atoms with E-state index in [4.69, 9.17) is 4.74 Å². The first kappa shape index (κ1) is 23.4. The Hall–Kier alpha value is -3.34. The zero-order valence-electron chi connectivity index (χ0n) is 18.8. The monoisotopic (exact) mass is 504 g/mol. The number of anilines is 2. The third-order valence-corrected chi connectivity index (χ3v) is 7.46. The first-order valence-electron chi connectivity index (χ1n) is 11.4. The summed E-state index contributed by atoms with van der Waals surface area (Å²) in [6.07, 6.45) is -2.36. The van der Waals surface area contributed by atoms with Crippen molar-refractivity contribution < 1.29 is 27.5 Å². The molecule has 2 atom stereocenters. The molecular weight excluding hydrogens is 481 g/mol. The summed E-state index contributed by atoms with van der Waals surface area (Å²) in [4.78, 5) is 26.6. The van der Waals surface area contributed by atoms with Crippen LogP contribution >= 0.6 is 11.3 Å². The van der Waals surface area contributed by atoms with Crippen molar-refractivity contribution in [1.82, 2.24) is 9.78 Å². The van der Waals surface area contributed by atoms with Crippen molar-refractivity contribution in [3.05, 3.63) is 63.7 Å². The highest BCUT2D eigenvalue weighted by Gasteiger charge is 2.47. The smallest absolute Gasteiger partial charge is 0.410 e. The zero-order valence-corrected chi connectivity index (χ0v) is 19.6. The van der Waals surface area contributed by atoms with Gasteiger partial charge in [-0.3, -0.25) is 4.79 Å². The minimum absolute atomic E-state index is 0.108. The summed E-state index contributed by atoms with van der Waals surface area (Å²) in [6, 6.07) is 7.70. The van der Waals surface area contributed by atoms with Crippen molar-refractivity contribution in [3.8, 4) is 0 Å². The standard InChI is InChI=1S/C24H23F3N4O3S/c1-2-34-23(33)20-14-9-6-10-17(14)35-22(20)29-21(32)16-12-19-28-15(13-7-4-3-5-8-13)11-18(24(25,26)27)31(19)30-16/h3-5,7-8,12,15,18,28H,2,6,9-11H2,1H3,(H,29,32)/t15-,18+/m0/s1. The Morgan fingerprint density at radius 1 is 1.26 bits per heavy atom. The second kappa shape index (κ2) is 9.03. The third-order valence-electron chi connectivity index (χ3n) is 6.25. The average molecular weight is 505 g/mol. The Morgan fingerprint density at radius 2 is 2.03 bits per heavy atom. The number of benzene rings is 1. The molecule has 0 fully saturated rings. The van der Waals surface area contributed by atoms with Crippen LogP contribution in [0.3, 0.4) is 0 Å². The minimum Gasteiger partial charge on any atom is -0.462 e. The zero-order chi connectivity index (χ0) is 24.7. The fraction of sp³-hybridized carbons (Fsp3) is 0.375. The van der Waals surface area contributed by atoms with Crippen molar-refractivity contribution in [2.45, 2.75) is 50.9 Å². The number of ether oxygens (including phenoxy) is 1. The molecule has 2 aromatic heterocycles. The maximum Gasteiger partial charge on any atom is 0.410 e. The molecule has 1 aliphatic heterocycles. The lowest BCUT2D eigenvalue weighted by molar-refractivity contribution is -0.173. The van der Waals surface area contributed by atoms with E-state index in [0.717, 1.165) is 28.0 Å². The van der Waals surface area contributed by atoms with Gasteiger partial charge in [0.15, 0.2) is 11.7 Å². The van der Waals surface area contributed by atoms with Crippen LogP contribution in [0.1, 0.15) is 68.7 Å². The molecule has 35 heavy (non-hydrogen) atoms. The molecule has 0 bridgehead atoms. The van der Waals surface area contributed by atoms with E-state index in [-0.39, 0.29) is 24.5 Å². The predicted molar refractivity (Wildman–Crippen MR) is 125 cm³/mol. The molecule has 0 spiro atoms. The summed E-state index contributed by atoms with van der Waals surface area (Å²) in [7, 11) is 0. The van der Waals surface area contributed by atoms with Crippen molar-refractivity contribution in [2.24, 2.45) is 0 Å². The molecule has 11 heteroatoms. The number of nitrogens with zero attached hydrogens (tertiary/aromatic N) is 2. The van der Waals surface area contributed by atoms with Crippen LogP contribution < -0.4 is 10.6 Å². The highest BCUT2D eigenvalue weighted by molar-refractivity contribution is 7.17. The van der Waals surface area contributed by atoms with E-state index in [2.05, 4.69) is 15.7 Å². The van der Waals surface area contributed by atoms with E-state index in [0.29, 0.717) is 22.5 Å². The number of hydrogen-bond acceptors (Lipinski definition) is 6. The lowest BCUT2D eigenvalue weighted by Gasteiger charge is -2.33. The number of carbonyl (C=O) groups excluding carboxylic acids is 2. The van der Waals surface area contributed by atoms with Crippen molar-refractivity contribution in [1.29, 1.82) is 0 Å². The van der Waals surface area contributed by atoms with Gasteiger partial charge in [0.1, 0.15) is 10.8 Å². The summed E-state index contributed by atoms with van der Waals surface area (Å²) in [5, 5.41) is 10.1. The van der Waals surface area contributed by atoms with E-state index in [1.807, 2.05) is 0 Å². The van der Waals surface area contributed by atoms with Crippen LogP contribution in [-0.2, 0) is 17.6 Å². The number of esters is 1. The summed E-state index contributed by atoms with van der Waals surface area (Å²) >= 11 is 1.30. The van der Waals surface area contributed by atoms with Crippen LogP contribution in [0.2, 0.25) is 0 Å². The van der Waals surface area contributed by atoms with Crippen LogP contribution in [-0.4, -0.2) is 34.4 Å². The highest BCUT2D eigenvalue weighted by Crippen LogP contribution is 2.44. The van der Waals surface area contributed by atoms with Crippen molar-refractivity contribution in [2.75, 3.05) is 17.2 Å². The van der Waals surface area contributed by atoms with Gasteiger partial charge in [-0.05, 0) is 37.3 Å². The normalized spacial score (nSPS) is 19.0. The number of halogens is 3. The van der Waals surface area contributed by atoms with E-state index >= 15 is 0 Å². The van der Waals surface area contributed by atoms with Gasteiger partial charge in [-0.25, -0.2) is 9.48 Å². The Labute approximate surface area is 203 Å². The van der Waals surface area contributed by atoms with Crippen LogP contribution in [0.15, 0.2) is 36.4 Å². The van der Waals surface area contributed by atoms with Gasteiger partial charge in [-0.1, -0.05) is 30.3 Å². The molecular formula is C24H23F3N4O3S. The first-order valence-corrected chi connectivity index (χ1v) is 12.2. The maximum atomic E-state index is 13.9. The van der Waals surface area contributed by atoms with Gasteiger partial charge >= 0.3 is 12.1 Å². The molecule has 7 nitrogen and oxygen atoms in total. The molecule has 5 rings (SSSR count). The van der Waals surface area contributed by atoms with Gasteiger partial charge in [0.05, 0.1) is 18.2 Å². The van der Waals surface area contributed by atoms with Crippen LogP contribution in [0.5, 0.6) is 0 Å².